The highest BCUT2D eigenvalue weighted by Crippen LogP contribution is 2.43. The van der Waals surface area contributed by atoms with Gasteiger partial charge in [0.25, 0.3) is 0 Å². The molecule has 4 heteroatoms. The van der Waals surface area contributed by atoms with Crippen LogP contribution < -0.4 is 0 Å². The summed E-state index contributed by atoms with van der Waals surface area (Å²) in [7, 11) is 0. The molecule has 5 rings (SSSR count). The molecule has 2 aliphatic rings. The van der Waals surface area contributed by atoms with Gasteiger partial charge in [0.15, 0.2) is 0 Å². The van der Waals surface area contributed by atoms with Crippen molar-refractivity contribution in [3.63, 3.8) is 0 Å². The molecule has 3 nitrogen and oxygen atoms in total. The predicted octanol–water partition coefficient (Wildman–Crippen LogP) is 3.27. The zero-order valence-electron chi connectivity index (χ0n) is 11.8. The zero-order chi connectivity index (χ0) is 15.1. The molecule has 0 spiro atoms. The number of benzene rings is 3. The summed E-state index contributed by atoms with van der Waals surface area (Å²) in [6.45, 7) is 0. The summed E-state index contributed by atoms with van der Waals surface area (Å²) < 4.78 is 2.38. The SMILES string of the molecule is O[B]O.c1ccc2c(c1)c1ccccc1n2-c1ccc2cc1-2. The van der Waals surface area contributed by atoms with Gasteiger partial charge in [-0.1, -0.05) is 42.5 Å². The normalized spacial score (nSPS) is 11.2. The molecular formula is C18H13BNO2. The lowest BCUT2D eigenvalue weighted by molar-refractivity contribution is 0.448. The summed E-state index contributed by atoms with van der Waals surface area (Å²) in [6.07, 6.45) is 0. The maximum atomic E-state index is 7.00. The molecule has 0 saturated heterocycles. The molecule has 3 aromatic rings. The molecule has 1 aromatic heterocycles. The van der Waals surface area contributed by atoms with Crippen molar-refractivity contribution in [2.45, 2.75) is 0 Å². The van der Waals surface area contributed by atoms with E-state index in [-0.39, 0.29) is 7.69 Å². The highest BCUT2D eigenvalue weighted by Gasteiger charge is 2.21. The maximum absolute atomic E-state index is 7.00. The summed E-state index contributed by atoms with van der Waals surface area (Å²) >= 11 is 0. The Morgan fingerprint density at radius 2 is 1.27 bits per heavy atom. The highest BCUT2D eigenvalue weighted by atomic mass is 16.4. The van der Waals surface area contributed by atoms with Crippen molar-refractivity contribution in [2.24, 2.45) is 0 Å². The largest absolute Gasteiger partial charge is 0.482 e. The molecule has 0 unspecified atom stereocenters. The van der Waals surface area contributed by atoms with E-state index in [1.54, 1.807) is 0 Å². The van der Waals surface area contributed by atoms with Crippen LogP contribution in [0.1, 0.15) is 0 Å². The van der Waals surface area contributed by atoms with Gasteiger partial charge in [-0.15, -0.1) is 0 Å². The number of hydrogen-bond acceptors (Lipinski definition) is 2. The second kappa shape index (κ2) is 5.02. The Kier molecular flexibility index (Phi) is 3.00. The second-order valence-electron chi connectivity index (χ2n) is 5.22. The average molecular weight is 286 g/mol. The van der Waals surface area contributed by atoms with E-state index in [2.05, 4.69) is 71.3 Å². The predicted molar refractivity (Wildman–Crippen MR) is 90.0 cm³/mol. The first-order valence-corrected chi connectivity index (χ1v) is 7.08. The van der Waals surface area contributed by atoms with E-state index in [0.717, 1.165) is 0 Å². The van der Waals surface area contributed by atoms with Crippen LogP contribution in [0.15, 0.2) is 66.7 Å². The molecule has 105 valence electrons. The Morgan fingerprint density at radius 1 is 0.727 bits per heavy atom. The molecule has 22 heavy (non-hydrogen) atoms. The molecule has 2 N–H and O–H groups in total. The lowest BCUT2D eigenvalue weighted by atomic mass is 10.2. The zero-order valence-corrected chi connectivity index (χ0v) is 11.8. The number of rotatable bonds is 1. The van der Waals surface area contributed by atoms with Crippen molar-refractivity contribution in [1.82, 2.24) is 4.57 Å². The lowest BCUT2D eigenvalue weighted by Crippen LogP contribution is -1.90. The van der Waals surface area contributed by atoms with Gasteiger partial charge in [0.1, 0.15) is 0 Å². The second-order valence-corrected chi connectivity index (χ2v) is 5.22. The summed E-state index contributed by atoms with van der Waals surface area (Å²) in [5.74, 6) is 0. The number of hydrogen-bond donors (Lipinski definition) is 2. The fourth-order valence-corrected chi connectivity index (χ4v) is 3.11. The van der Waals surface area contributed by atoms with Gasteiger partial charge in [0.2, 0.25) is 0 Å². The number of para-hydroxylation sites is 2. The van der Waals surface area contributed by atoms with Crippen molar-refractivity contribution < 1.29 is 10.0 Å². The van der Waals surface area contributed by atoms with Gasteiger partial charge in [-0.25, -0.2) is 0 Å². The Hall–Kier alpha value is -2.56. The Bertz CT molecular complexity index is 938. The molecule has 0 fully saturated rings. The van der Waals surface area contributed by atoms with E-state index in [4.69, 9.17) is 10.0 Å². The summed E-state index contributed by atoms with van der Waals surface area (Å²) in [5.41, 5.74) is 6.67. The van der Waals surface area contributed by atoms with Crippen molar-refractivity contribution in [3.8, 4) is 16.8 Å². The fourth-order valence-electron chi connectivity index (χ4n) is 3.11. The average Bonchev–Trinajstić information content (AvgIpc) is 3.09. The molecule has 0 amide bonds. The van der Waals surface area contributed by atoms with Crippen LogP contribution in [0.5, 0.6) is 0 Å². The number of aromatic nitrogens is 1. The number of nitrogens with zero attached hydrogens (tertiary/aromatic N) is 1. The molecule has 0 saturated carbocycles. The molecule has 0 bridgehead atoms. The minimum Gasteiger partial charge on any atom is -0.429 e. The maximum Gasteiger partial charge on any atom is 0.482 e. The first kappa shape index (κ1) is 13.1. The first-order valence-electron chi connectivity index (χ1n) is 7.08. The standard InChI is InChI=1S/C18H11N.BH2O2/c1-3-7-16-13(5-1)14-6-2-4-8-17(14)19(16)18-10-9-12-11-15(12)18;2-1-3/h1-11H;2-3H. The highest BCUT2D eigenvalue weighted by molar-refractivity contribution is 6.13. The van der Waals surface area contributed by atoms with Crippen molar-refractivity contribution in [2.75, 3.05) is 0 Å². The van der Waals surface area contributed by atoms with E-state index in [1.807, 2.05) is 0 Å². The van der Waals surface area contributed by atoms with Crippen LogP contribution in [0, 0.1) is 0 Å². The third kappa shape index (κ3) is 1.85. The third-order valence-electron chi connectivity index (χ3n) is 4.05. The van der Waals surface area contributed by atoms with Gasteiger partial charge in [0.05, 0.1) is 16.7 Å². The van der Waals surface area contributed by atoms with Crippen LogP contribution >= 0.6 is 0 Å². The van der Waals surface area contributed by atoms with Gasteiger partial charge >= 0.3 is 7.69 Å². The molecule has 2 aromatic carbocycles. The van der Waals surface area contributed by atoms with Gasteiger partial charge in [-0.3, -0.25) is 0 Å². The van der Waals surface area contributed by atoms with Crippen LogP contribution in [-0.2, 0) is 0 Å². The van der Waals surface area contributed by atoms with Crippen LogP contribution in [-0.4, -0.2) is 22.3 Å². The van der Waals surface area contributed by atoms with E-state index >= 15 is 0 Å². The minimum atomic E-state index is 0. The molecule has 0 aliphatic heterocycles. The van der Waals surface area contributed by atoms with Crippen LogP contribution in [0.4, 0.5) is 0 Å². The Balaban J connectivity index is 0.000000389. The quantitative estimate of drug-likeness (QED) is 0.464. The fraction of sp³-hybridized carbons (Fsp3) is 0. The number of fused-ring (bicyclic) bond motifs is 4. The van der Waals surface area contributed by atoms with Gasteiger partial charge in [-0.2, -0.15) is 0 Å². The van der Waals surface area contributed by atoms with E-state index in [1.165, 1.54) is 38.6 Å². The molecule has 1 radical (unpaired) electrons. The van der Waals surface area contributed by atoms with Crippen molar-refractivity contribution in [3.05, 3.63) is 66.7 Å². The summed E-state index contributed by atoms with van der Waals surface area (Å²) in [4.78, 5) is 0. The summed E-state index contributed by atoms with van der Waals surface area (Å²) in [6, 6.07) is 24.0. The molecule has 2 aliphatic carbocycles. The van der Waals surface area contributed by atoms with Crippen LogP contribution in [0.3, 0.4) is 0 Å². The molecule has 0 atom stereocenters. The monoisotopic (exact) mass is 286 g/mol. The van der Waals surface area contributed by atoms with Crippen LogP contribution in [0.2, 0.25) is 0 Å². The van der Waals surface area contributed by atoms with Crippen molar-refractivity contribution in [1.29, 1.82) is 0 Å². The van der Waals surface area contributed by atoms with E-state index in [9.17, 15) is 0 Å². The Morgan fingerprint density at radius 3 is 1.73 bits per heavy atom. The van der Waals surface area contributed by atoms with Gasteiger partial charge in [-0.05, 0) is 29.8 Å². The van der Waals surface area contributed by atoms with Gasteiger partial charge < -0.3 is 14.6 Å². The van der Waals surface area contributed by atoms with Crippen molar-refractivity contribution >= 4 is 29.5 Å². The topological polar surface area (TPSA) is 45.4 Å². The smallest absolute Gasteiger partial charge is 0.429 e. The van der Waals surface area contributed by atoms with Gasteiger partial charge in [0, 0.05) is 16.3 Å². The summed E-state index contributed by atoms with van der Waals surface area (Å²) in [5, 5.41) is 16.7. The van der Waals surface area contributed by atoms with Crippen LogP contribution in [0.25, 0.3) is 38.6 Å². The molecular weight excluding hydrogens is 273 g/mol. The molecule has 1 heterocycles. The third-order valence-corrected chi connectivity index (χ3v) is 4.05. The van der Waals surface area contributed by atoms with E-state index in [0.29, 0.717) is 0 Å². The van der Waals surface area contributed by atoms with E-state index < -0.39 is 0 Å². The first-order chi connectivity index (χ1) is 10.8. The minimum absolute atomic E-state index is 0. The lowest BCUT2D eigenvalue weighted by Gasteiger charge is -2.05. The Labute approximate surface area is 128 Å².